The van der Waals surface area contributed by atoms with Gasteiger partial charge in [0.15, 0.2) is 5.96 Å². The largest absolute Gasteiger partial charge is 0.357 e. The Morgan fingerprint density at radius 1 is 1.28 bits per heavy atom. The van der Waals surface area contributed by atoms with Gasteiger partial charge in [-0.3, -0.25) is 4.99 Å². The summed E-state index contributed by atoms with van der Waals surface area (Å²) in [5.74, 6) is 0.895. The Morgan fingerprint density at radius 2 is 2.00 bits per heavy atom. The smallest absolute Gasteiger partial charge is 0.193 e. The number of benzene rings is 1. The van der Waals surface area contributed by atoms with Gasteiger partial charge in [-0.05, 0) is 31.5 Å². The van der Waals surface area contributed by atoms with Crippen LogP contribution < -0.4 is 5.32 Å². The highest BCUT2D eigenvalue weighted by Crippen LogP contribution is 2.23. The topological polar surface area (TPSA) is 27.6 Å². The molecule has 0 bridgehead atoms. The molecule has 1 aromatic carbocycles. The zero-order valence-corrected chi connectivity index (χ0v) is 12.5. The van der Waals surface area contributed by atoms with Crippen molar-refractivity contribution in [2.24, 2.45) is 4.99 Å². The maximum absolute atomic E-state index is 6.00. The number of nitrogens with one attached hydrogen (secondary N) is 1. The Bertz CT molecular complexity index is 419. The summed E-state index contributed by atoms with van der Waals surface area (Å²) in [5.41, 5.74) is 1.11. The average Bonchev–Trinajstić information content (AvgIpc) is 2.33. The molecule has 5 heteroatoms. The Balaban J connectivity index is 2.75. The zero-order chi connectivity index (χ0) is 13.5. The van der Waals surface area contributed by atoms with Crippen molar-refractivity contribution in [1.29, 1.82) is 0 Å². The number of hydrogen-bond donors (Lipinski definition) is 1. The van der Waals surface area contributed by atoms with Gasteiger partial charge in [0.2, 0.25) is 0 Å². The van der Waals surface area contributed by atoms with Gasteiger partial charge in [0, 0.05) is 26.7 Å². The molecule has 0 heterocycles. The number of aliphatic imine (C=N–C) groups is 1. The predicted molar refractivity (Wildman–Crippen MR) is 79.6 cm³/mol. The number of hydrogen-bond acceptors (Lipinski definition) is 1. The summed E-state index contributed by atoms with van der Waals surface area (Å²) in [7, 11) is 2.00. The van der Waals surface area contributed by atoms with Gasteiger partial charge in [-0.2, -0.15) is 0 Å². The minimum Gasteiger partial charge on any atom is -0.357 e. The van der Waals surface area contributed by atoms with E-state index in [1.54, 1.807) is 0 Å². The molecule has 0 aromatic heterocycles. The van der Waals surface area contributed by atoms with E-state index in [1.807, 2.05) is 32.2 Å². The summed E-state index contributed by atoms with van der Waals surface area (Å²) in [6.07, 6.45) is 0. The molecule has 100 valence electrons. The molecular formula is C13H19Cl2N3. The van der Waals surface area contributed by atoms with Crippen molar-refractivity contribution >= 4 is 29.2 Å². The van der Waals surface area contributed by atoms with Gasteiger partial charge in [0.25, 0.3) is 0 Å². The molecule has 0 aliphatic carbocycles. The van der Waals surface area contributed by atoms with Crippen LogP contribution in [-0.2, 0) is 6.54 Å². The molecule has 0 saturated heterocycles. The molecule has 0 fully saturated rings. The summed E-state index contributed by atoms with van der Waals surface area (Å²) in [5, 5.41) is 4.41. The van der Waals surface area contributed by atoms with E-state index in [-0.39, 0.29) is 0 Å². The third-order valence-electron chi connectivity index (χ3n) is 2.41. The van der Waals surface area contributed by atoms with Crippen LogP contribution in [0.5, 0.6) is 0 Å². The maximum Gasteiger partial charge on any atom is 0.193 e. The highest BCUT2D eigenvalue weighted by Gasteiger charge is 2.07. The van der Waals surface area contributed by atoms with Crippen LogP contribution in [0.3, 0.4) is 0 Å². The summed E-state index contributed by atoms with van der Waals surface area (Å²) >= 11 is 11.9. The van der Waals surface area contributed by atoms with Gasteiger partial charge >= 0.3 is 0 Å². The molecule has 0 unspecified atom stereocenters. The highest BCUT2D eigenvalue weighted by atomic mass is 35.5. The van der Waals surface area contributed by atoms with Crippen molar-refractivity contribution < 1.29 is 0 Å². The Hall–Kier alpha value is -0.930. The van der Waals surface area contributed by atoms with Crippen LogP contribution in [0.4, 0.5) is 0 Å². The molecule has 3 nitrogen and oxygen atoms in total. The first kappa shape index (κ1) is 15.1. The fourth-order valence-corrected chi connectivity index (χ4v) is 1.93. The van der Waals surface area contributed by atoms with E-state index < -0.39 is 0 Å². The third kappa shape index (κ3) is 4.39. The normalized spacial score (nSPS) is 11.5. The van der Waals surface area contributed by atoms with E-state index in [9.17, 15) is 0 Å². The summed E-state index contributed by atoms with van der Waals surface area (Å²) < 4.78 is 0. The Morgan fingerprint density at radius 3 is 2.56 bits per heavy atom. The van der Waals surface area contributed by atoms with E-state index in [0.29, 0.717) is 10.0 Å². The lowest BCUT2D eigenvalue weighted by atomic mass is 10.2. The fourth-order valence-electron chi connectivity index (χ4n) is 1.61. The first-order valence-electron chi connectivity index (χ1n) is 6.01. The molecule has 1 N–H and O–H groups in total. The second-order valence-electron chi connectivity index (χ2n) is 3.93. The molecule has 0 amide bonds. The van der Waals surface area contributed by atoms with Crippen molar-refractivity contribution in [2.75, 3.05) is 20.1 Å². The van der Waals surface area contributed by atoms with Gasteiger partial charge in [-0.15, -0.1) is 0 Å². The number of guanidine groups is 1. The fraction of sp³-hybridized carbons (Fsp3) is 0.462. The Labute approximate surface area is 119 Å². The van der Waals surface area contributed by atoms with E-state index in [2.05, 4.69) is 22.1 Å². The standard InChI is InChI=1S/C13H19Cl2N3/c1-4-16-13(17-5-2)18(3)9-10-6-7-11(14)12(15)8-10/h6-8H,4-5,9H2,1-3H3,(H,16,17). The molecule has 0 aliphatic heterocycles. The third-order valence-corrected chi connectivity index (χ3v) is 3.15. The molecule has 18 heavy (non-hydrogen) atoms. The molecular weight excluding hydrogens is 269 g/mol. The Kier molecular flexibility index (Phi) is 6.30. The van der Waals surface area contributed by atoms with E-state index in [0.717, 1.165) is 31.2 Å². The lowest BCUT2D eigenvalue weighted by Crippen LogP contribution is -2.38. The van der Waals surface area contributed by atoms with Crippen molar-refractivity contribution in [2.45, 2.75) is 20.4 Å². The predicted octanol–water partition coefficient (Wildman–Crippen LogP) is 3.41. The van der Waals surface area contributed by atoms with Crippen LogP contribution in [0.15, 0.2) is 23.2 Å². The number of halogens is 2. The minimum absolute atomic E-state index is 0.581. The van der Waals surface area contributed by atoms with Crippen LogP contribution in [0.25, 0.3) is 0 Å². The lowest BCUT2D eigenvalue weighted by Gasteiger charge is -2.22. The SMILES string of the molecule is CCN=C(NCC)N(C)Cc1ccc(Cl)c(Cl)c1. The molecule has 0 aliphatic rings. The summed E-state index contributed by atoms with van der Waals surface area (Å²) in [6, 6.07) is 5.67. The summed E-state index contributed by atoms with van der Waals surface area (Å²) in [4.78, 5) is 6.48. The van der Waals surface area contributed by atoms with Gasteiger partial charge in [-0.1, -0.05) is 29.3 Å². The molecule has 0 radical (unpaired) electrons. The number of rotatable bonds is 4. The average molecular weight is 288 g/mol. The zero-order valence-electron chi connectivity index (χ0n) is 11.0. The van der Waals surface area contributed by atoms with Crippen LogP contribution in [0.1, 0.15) is 19.4 Å². The first-order chi connectivity index (χ1) is 8.58. The van der Waals surface area contributed by atoms with Gasteiger partial charge < -0.3 is 10.2 Å². The number of nitrogens with zero attached hydrogens (tertiary/aromatic N) is 2. The van der Waals surface area contributed by atoms with Crippen molar-refractivity contribution in [3.8, 4) is 0 Å². The van der Waals surface area contributed by atoms with Crippen LogP contribution in [0.2, 0.25) is 10.0 Å². The van der Waals surface area contributed by atoms with E-state index >= 15 is 0 Å². The van der Waals surface area contributed by atoms with Crippen LogP contribution in [0, 0.1) is 0 Å². The quantitative estimate of drug-likeness (QED) is 0.679. The molecule has 0 saturated carbocycles. The van der Waals surface area contributed by atoms with Crippen LogP contribution >= 0.6 is 23.2 Å². The minimum atomic E-state index is 0.581. The van der Waals surface area contributed by atoms with Gasteiger partial charge in [0.1, 0.15) is 0 Å². The van der Waals surface area contributed by atoms with Crippen LogP contribution in [-0.4, -0.2) is 31.0 Å². The molecule has 1 rings (SSSR count). The molecule has 1 aromatic rings. The second kappa shape index (κ2) is 7.49. The van der Waals surface area contributed by atoms with Crippen molar-refractivity contribution in [1.82, 2.24) is 10.2 Å². The highest BCUT2D eigenvalue weighted by molar-refractivity contribution is 6.42. The summed E-state index contributed by atoms with van der Waals surface area (Å²) in [6.45, 7) is 6.42. The van der Waals surface area contributed by atoms with E-state index in [4.69, 9.17) is 23.2 Å². The second-order valence-corrected chi connectivity index (χ2v) is 4.75. The monoisotopic (exact) mass is 287 g/mol. The van der Waals surface area contributed by atoms with Crippen molar-refractivity contribution in [3.63, 3.8) is 0 Å². The maximum atomic E-state index is 6.00. The lowest BCUT2D eigenvalue weighted by molar-refractivity contribution is 0.477. The molecule has 0 spiro atoms. The molecule has 0 atom stereocenters. The first-order valence-corrected chi connectivity index (χ1v) is 6.77. The van der Waals surface area contributed by atoms with Gasteiger partial charge in [-0.25, -0.2) is 0 Å². The van der Waals surface area contributed by atoms with Crippen molar-refractivity contribution in [3.05, 3.63) is 33.8 Å². The van der Waals surface area contributed by atoms with Gasteiger partial charge in [0.05, 0.1) is 10.0 Å². The van der Waals surface area contributed by atoms with E-state index in [1.165, 1.54) is 0 Å².